The first kappa shape index (κ1) is 9.01. The van der Waals surface area contributed by atoms with E-state index in [4.69, 9.17) is 4.74 Å². The molecule has 0 amide bonds. The molecule has 0 saturated carbocycles. The van der Waals surface area contributed by atoms with E-state index in [1.807, 2.05) is 0 Å². The molecule has 0 aromatic heterocycles. The van der Waals surface area contributed by atoms with Gasteiger partial charge in [-0.15, -0.1) is 0 Å². The van der Waals surface area contributed by atoms with Crippen molar-refractivity contribution in [1.82, 2.24) is 5.32 Å². The summed E-state index contributed by atoms with van der Waals surface area (Å²) in [7, 11) is 0. The van der Waals surface area contributed by atoms with Gasteiger partial charge in [0.25, 0.3) is 0 Å². The quantitative estimate of drug-likeness (QED) is 0.623. The van der Waals surface area contributed by atoms with Gasteiger partial charge in [0.05, 0.1) is 11.2 Å². The Morgan fingerprint density at radius 3 is 2.27 bits per heavy atom. The molecule has 1 fully saturated rings. The molecule has 0 spiro atoms. The zero-order chi connectivity index (χ0) is 8.54. The van der Waals surface area contributed by atoms with Gasteiger partial charge < -0.3 is 10.1 Å². The Bertz CT molecular complexity index is 144. The Balaban J connectivity index is 2.59. The van der Waals surface area contributed by atoms with Crippen LogP contribution in [0.1, 0.15) is 34.1 Å². The highest BCUT2D eigenvalue weighted by molar-refractivity contribution is 4.88. The predicted octanol–water partition coefficient (Wildman–Crippen LogP) is 1.55. The van der Waals surface area contributed by atoms with Gasteiger partial charge in [-0.05, 0) is 27.2 Å². The van der Waals surface area contributed by atoms with Crippen LogP contribution in [0.3, 0.4) is 0 Å². The molecule has 1 rings (SSSR count). The maximum atomic E-state index is 5.95. The van der Waals surface area contributed by atoms with E-state index in [2.05, 4.69) is 33.0 Å². The second-order valence-electron chi connectivity index (χ2n) is 4.27. The summed E-state index contributed by atoms with van der Waals surface area (Å²) >= 11 is 0. The molecule has 1 heterocycles. The molecule has 1 unspecified atom stereocenters. The predicted molar refractivity (Wildman–Crippen MR) is 46.7 cm³/mol. The molecule has 0 bridgehead atoms. The number of hydrogen-bond donors (Lipinski definition) is 1. The van der Waals surface area contributed by atoms with Crippen LogP contribution in [0.15, 0.2) is 0 Å². The number of morpholine rings is 1. The highest BCUT2D eigenvalue weighted by Gasteiger charge is 2.35. The minimum absolute atomic E-state index is 0.00299. The number of nitrogens with one attached hydrogen (secondary N) is 1. The van der Waals surface area contributed by atoms with E-state index in [9.17, 15) is 0 Å². The Kier molecular flexibility index (Phi) is 2.26. The zero-order valence-electron chi connectivity index (χ0n) is 8.03. The van der Waals surface area contributed by atoms with Gasteiger partial charge in [-0.1, -0.05) is 6.92 Å². The van der Waals surface area contributed by atoms with Gasteiger partial charge in [0.15, 0.2) is 0 Å². The number of hydrogen-bond acceptors (Lipinski definition) is 2. The summed E-state index contributed by atoms with van der Waals surface area (Å²) in [5.41, 5.74) is 0.0464. The van der Waals surface area contributed by atoms with Crippen LogP contribution in [-0.2, 0) is 4.74 Å². The van der Waals surface area contributed by atoms with Gasteiger partial charge in [0.1, 0.15) is 0 Å². The van der Waals surface area contributed by atoms with Crippen LogP contribution in [0.5, 0.6) is 0 Å². The molecule has 1 aliphatic rings. The van der Waals surface area contributed by atoms with Crippen LogP contribution >= 0.6 is 0 Å². The molecule has 1 saturated heterocycles. The summed E-state index contributed by atoms with van der Waals surface area (Å²) in [5, 5.41) is 3.39. The van der Waals surface area contributed by atoms with Crippen LogP contribution in [0.4, 0.5) is 0 Å². The molecule has 1 atom stereocenters. The average Bonchev–Trinajstić information content (AvgIpc) is 1.85. The summed E-state index contributed by atoms with van der Waals surface area (Å²) in [6.45, 7) is 10.5. The lowest BCUT2D eigenvalue weighted by atomic mass is 9.97. The lowest BCUT2D eigenvalue weighted by molar-refractivity contribution is -0.153. The fourth-order valence-corrected chi connectivity index (χ4v) is 1.56. The third-order valence-electron chi connectivity index (χ3n) is 2.32. The van der Waals surface area contributed by atoms with Gasteiger partial charge in [0, 0.05) is 13.1 Å². The molecule has 66 valence electrons. The Labute approximate surface area is 69.3 Å². The van der Waals surface area contributed by atoms with E-state index < -0.39 is 0 Å². The topological polar surface area (TPSA) is 21.3 Å². The van der Waals surface area contributed by atoms with E-state index >= 15 is 0 Å². The maximum absolute atomic E-state index is 5.95. The number of rotatable bonds is 1. The van der Waals surface area contributed by atoms with E-state index in [1.165, 1.54) is 0 Å². The Hall–Kier alpha value is -0.0800. The molecular formula is C9H19NO. The summed E-state index contributed by atoms with van der Waals surface area (Å²) in [6, 6.07) is 0. The van der Waals surface area contributed by atoms with Crippen molar-refractivity contribution in [3.63, 3.8) is 0 Å². The molecule has 1 aliphatic heterocycles. The van der Waals surface area contributed by atoms with Crippen molar-refractivity contribution in [3.8, 4) is 0 Å². The van der Waals surface area contributed by atoms with Crippen LogP contribution in [0, 0.1) is 0 Å². The van der Waals surface area contributed by atoms with Crippen LogP contribution in [0.2, 0.25) is 0 Å². The Morgan fingerprint density at radius 1 is 1.27 bits per heavy atom. The van der Waals surface area contributed by atoms with Crippen molar-refractivity contribution >= 4 is 0 Å². The Morgan fingerprint density at radius 2 is 1.91 bits per heavy atom. The van der Waals surface area contributed by atoms with Crippen molar-refractivity contribution in [2.75, 3.05) is 13.1 Å². The molecule has 1 N–H and O–H groups in total. The van der Waals surface area contributed by atoms with Crippen molar-refractivity contribution in [2.24, 2.45) is 0 Å². The molecular weight excluding hydrogens is 138 g/mol. The van der Waals surface area contributed by atoms with Crippen LogP contribution in [-0.4, -0.2) is 24.3 Å². The number of ether oxygens (including phenoxy) is 1. The van der Waals surface area contributed by atoms with Crippen LogP contribution in [0.25, 0.3) is 0 Å². The highest BCUT2D eigenvalue weighted by atomic mass is 16.5. The fourth-order valence-electron chi connectivity index (χ4n) is 1.56. The largest absolute Gasteiger partial charge is 0.367 e. The first-order valence-corrected chi connectivity index (χ1v) is 4.38. The maximum Gasteiger partial charge on any atom is 0.0783 e. The second-order valence-corrected chi connectivity index (χ2v) is 4.27. The van der Waals surface area contributed by atoms with Gasteiger partial charge >= 0.3 is 0 Å². The smallest absolute Gasteiger partial charge is 0.0783 e. The van der Waals surface area contributed by atoms with E-state index in [1.54, 1.807) is 0 Å². The zero-order valence-corrected chi connectivity index (χ0v) is 8.03. The van der Waals surface area contributed by atoms with E-state index in [-0.39, 0.29) is 11.2 Å². The molecule has 2 heteroatoms. The third-order valence-corrected chi connectivity index (χ3v) is 2.32. The second kappa shape index (κ2) is 2.76. The van der Waals surface area contributed by atoms with Gasteiger partial charge in [0.2, 0.25) is 0 Å². The molecule has 2 nitrogen and oxygen atoms in total. The third kappa shape index (κ3) is 2.17. The molecule has 11 heavy (non-hydrogen) atoms. The van der Waals surface area contributed by atoms with Gasteiger partial charge in [-0.2, -0.15) is 0 Å². The minimum Gasteiger partial charge on any atom is -0.367 e. The summed E-state index contributed by atoms with van der Waals surface area (Å²) in [5.74, 6) is 0. The monoisotopic (exact) mass is 157 g/mol. The lowest BCUT2D eigenvalue weighted by Crippen LogP contribution is -2.56. The van der Waals surface area contributed by atoms with E-state index in [0.717, 1.165) is 19.5 Å². The SMILES string of the molecule is CCC1(C)CNCC(C)(C)O1. The fraction of sp³-hybridized carbons (Fsp3) is 1.00. The first-order chi connectivity index (χ1) is 4.97. The summed E-state index contributed by atoms with van der Waals surface area (Å²) < 4.78 is 5.95. The highest BCUT2D eigenvalue weighted by Crippen LogP contribution is 2.25. The summed E-state index contributed by atoms with van der Waals surface area (Å²) in [4.78, 5) is 0. The van der Waals surface area contributed by atoms with E-state index in [0.29, 0.717) is 0 Å². The molecule has 0 radical (unpaired) electrons. The molecule has 0 aromatic rings. The summed E-state index contributed by atoms with van der Waals surface area (Å²) in [6.07, 6.45) is 1.07. The standard InChI is InChI=1S/C9H19NO/c1-5-9(4)7-10-6-8(2,3)11-9/h10H,5-7H2,1-4H3. The van der Waals surface area contributed by atoms with Crippen molar-refractivity contribution in [1.29, 1.82) is 0 Å². The minimum atomic E-state index is 0.00299. The van der Waals surface area contributed by atoms with Gasteiger partial charge in [-0.25, -0.2) is 0 Å². The average molecular weight is 157 g/mol. The lowest BCUT2D eigenvalue weighted by Gasteiger charge is -2.43. The molecule has 0 aromatic carbocycles. The first-order valence-electron chi connectivity index (χ1n) is 4.38. The van der Waals surface area contributed by atoms with Crippen LogP contribution < -0.4 is 5.32 Å². The van der Waals surface area contributed by atoms with Gasteiger partial charge in [-0.3, -0.25) is 0 Å². The van der Waals surface area contributed by atoms with Crippen molar-refractivity contribution in [3.05, 3.63) is 0 Å². The molecule has 0 aliphatic carbocycles. The van der Waals surface area contributed by atoms with Crippen molar-refractivity contribution in [2.45, 2.75) is 45.3 Å². The van der Waals surface area contributed by atoms with Crippen molar-refractivity contribution < 1.29 is 4.74 Å². The normalized spacial score (nSPS) is 37.1.